The monoisotopic (exact) mass is 396 g/mol. The molecule has 0 aliphatic heterocycles. The third kappa shape index (κ3) is 6.07. The van der Waals surface area contributed by atoms with E-state index >= 15 is 0 Å². The van der Waals surface area contributed by atoms with E-state index in [1.807, 2.05) is 36.6 Å². The highest BCUT2D eigenvalue weighted by molar-refractivity contribution is 7.90. The normalized spacial score (nSPS) is 13.2. The summed E-state index contributed by atoms with van der Waals surface area (Å²) in [4.78, 5) is 12.2. The van der Waals surface area contributed by atoms with E-state index in [0.29, 0.717) is 19.3 Å². The maximum atomic E-state index is 12.2. The predicted molar refractivity (Wildman–Crippen MR) is 110 cm³/mol. The van der Waals surface area contributed by atoms with Crippen LogP contribution in [-0.4, -0.2) is 25.6 Å². The van der Waals surface area contributed by atoms with Crippen LogP contribution in [0.2, 0.25) is 0 Å². The topological polar surface area (TPSA) is 75.3 Å². The summed E-state index contributed by atoms with van der Waals surface area (Å²) in [6.07, 6.45) is 3.38. The number of amides is 1. The zero-order valence-electron chi connectivity index (χ0n) is 15.6. The molecule has 0 fully saturated rings. The Labute approximate surface area is 160 Å². The van der Waals surface area contributed by atoms with E-state index in [-0.39, 0.29) is 11.9 Å². The van der Waals surface area contributed by atoms with Gasteiger partial charge in [0.2, 0.25) is 15.9 Å². The summed E-state index contributed by atoms with van der Waals surface area (Å²) in [5.74, 6) is -0.0402. The number of thiophene rings is 1. The van der Waals surface area contributed by atoms with Crippen LogP contribution in [0.25, 0.3) is 10.1 Å². The van der Waals surface area contributed by atoms with E-state index in [1.54, 1.807) is 25.2 Å². The van der Waals surface area contributed by atoms with Gasteiger partial charge in [-0.1, -0.05) is 13.3 Å². The molecule has 5 nitrogen and oxygen atoms in total. The summed E-state index contributed by atoms with van der Waals surface area (Å²) in [5.41, 5.74) is 0.798. The lowest BCUT2D eigenvalue weighted by Gasteiger charge is -2.19. The first kappa shape index (κ1) is 20.9. The third-order valence-electron chi connectivity index (χ3n) is 4.28. The number of fused-ring (bicyclic) bond motifs is 1. The molecule has 26 heavy (non-hydrogen) atoms. The van der Waals surface area contributed by atoms with Gasteiger partial charge in [-0.15, -0.1) is 11.3 Å². The molecule has 0 radical (unpaired) electrons. The number of hydrogen-bond acceptors (Lipinski definition) is 4. The van der Waals surface area contributed by atoms with Gasteiger partial charge in [0.25, 0.3) is 0 Å². The van der Waals surface area contributed by atoms with Crippen molar-refractivity contribution < 1.29 is 13.2 Å². The third-order valence-corrected chi connectivity index (χ3v) is 7.08. The molecule has 2 rings (SSSR count). The van der Waals surface area contributed by atoms with Crippen molar-refractivity contribution in [2.24, 2.45) is 0 Å². The number of anilines is 1. The lowest BCUT2D eigenvalue weighted by Crippen LogP contribution is -2.39. The van der Waals surface area contributed by atoms with Crippen LogP contribution < -0.4 is 10.0 Å². The lowest BCUT2D eigenvalue weighted by molar-refractivity contribution is -0.116. The van der Waals surface area contributed by atoms with Gasteiger partial charge in [0.15, 0.2) is 0 Å². The molecule has 2 N–H and O–H groups in total. The number of benzene rings is 1. The second kappa shape index (κ2) is 9.48. The molecule has 0 saturated heterocycles. The first-order valence-corrected chi connectivity index (χ1v) is 11.5. The molecule has 0 saturated carbocycles. The van der Waals surface area contributed by atoms with Crippen LogP contribution in [0.3, 0.4) is 0 Å². The van der Waals surface area contributed by atoms with Gasteiger partial charge in [-0.3, -0.25) is 4.79 Å². The van der Waals surface area contributed by atoms with E-state index in [0.717, 1.165) is 23.9 Å². The van der Waals surface area contributed by atoms with Gasteiger partial charge in [-0.25, -0.2) is 13.1 Å². The molecule has 1 unspecified atom stereocenters. The highest BCUT2D eigenvalue weighted by atomic mass is 32.2. The van der Waals surface area contributed by atoms with Gasteiger partial charge in [-0.05, 0) is 68.1 Å². The summed E-state index contributed by atoms with van der Waals surface area (Å²) >= 11 is 1.67. The number of sulfonamides is 1. The largest absolute Gasteiger partial charge is 0.326 e. The highest BCUT2D eigenvalue weighted by Gasteiger charge is 2.20. The molecule has 1 aromatic heterocycles. The van der Waals surface area contributed by atoms with Crippen molar-refractivity contribution in [1.82, 2.24) is 4.72 Å². The lowest BCUT2D eigenvalue weighted by atomic mass is 10.1. The molecular formula is C19H28N2O3S2. The second-order valence-electron chi connectivity index (χ2n) is 6.81. The zero-order chi connectivity index (χ0) is 19.2. The van der Waals surface area contributed by atoms with E-state index in [9.17, 15) is 13.2 Å². The van der Waals surface area contributed by atoms with Crippen LogP contribution >= 0.6 is 11.3 Å². The zero-order valence-corrected chi connectivity index (χ0v) is 17.3. The minimum absolute atomic E-state index is 0.0402. The van der Waals surface area contributed by atoms with Crippen molar-refractivity contribution in [2.75, 3.05) is 5.32 Å². The summed E-state index contributed by atoms with van der Waals surface area (Å²) in [5, 5.41) is 5.63. The van der Waals surface area contributed by atoms with Crippen LogP contribution in [0.5, 0.6) is 0 Å². The molecule has 2 aromatic rings. The van der Waals surface area contributed by atoms with Crippen molar-refractivity contribution in [1.29, 1.82) is 0 Å². The first-order valence-electron chi connectivity index (χ1n) is 9.10. The van der Waals surface area contributed by atoms with Crippen molar-refractivity contribution in [3.63, 3.8) is 0 Å². The number of carbonyl (C=O) groups is 1. The molecule has 7 heteroatoms. The van der Waals surface area contributed by atoms with Crippen molar-refractivity contribution in [2.45, 2.75) is 64.2 Å². The summed E-state index contributed by atoms with van der Waals surface area (Å²) in [6, 6.07) is 7.81. The standard InChI is InChI=1S/C19H28N2O3S2/c1-4-6-16(21-26(23,24)14(2)3)7-5-8-19(22)20-17-9-10-18-15(13-17)11-12-25-18/h9-14,16,21H,4-8H2,1-3H3,(H,20,22). The first-order chi connectivity index (χ1) is 12.3. The molecule has 0 aliphatic rings. The molecule has 0 aliphatic carbocycles. The fraction of sp³-hybridized carbons (Fsp3) is 0.526. The van der Waals surface area contributed by atoms with Gasteiger partial charge in [0.1, 0.15) is 0 Å². The maximum Gasteiger partial charge on any atom is 0.224 e. The summed E-state index contributed by atoms with van der Waals surface area (Å²) in [6.45, 7) is 5.37. The number of rotatable bonds is 10. The van der Waals surface area contributed by atoms with Gasteiger partial charge in [0, 0.05) is 22.8 Å². The molecule has 1 amide bonds. The molecule has 144 valence electrons. The Bertz CT molecular complexity index is 828. The molecule has 1 aromatic carbocycles. The predicted octanol–water partition coefficient (Wildman–Crippen LogP) is 4.51. The minimum atomic E-state index is -3.28. The van der Waals surface area contributed by atoms with Crippen LogP contribution in [0, 0.1) is 0 Å². The molecule has 1 atom stereocenters. The highest BCUT2D eigenvalue weighted by Crippen LogP contribution is 2.24. The Morgan fingerprint density at radius 2 is 1.96 bits per heavy atom. The fourth-order valence-corrected chi connectivity index (χ4v) is 4.50. The van der Waals surface area contributed by atoms with Gasteiger partial charge in [0.05, 0.1) is 5.25 Å². The van der Waals surface area contributed by atoms with E-state index in [1.165, 1.54) is 4.70 Å². The Kier molecular flexibility index (Phi) is 7.61. The number of carbonyl (C=O) groups excluding carboxylic acids is 1. The maximum absolute atomic E-state index is 12.2. The number of nitrogens with one attached hydrogen (secondary N) is 2. The van der Waals surface area contributed by atoms with E-state index in [2.05, 4.69) is 10.0 Å². The Morgan fingerprint density at radius 3 is 2.65 bits per heavy atom. The van der Waals surface area contributed by atoms with Crippen LogP contribution in [0.4, 0.5) is 5.69 Å². The average Bonchev–Trinajstić information content (AvgIpc) is 3.02. The second-order valence-corrected chi connectivity index (χ2v) is 10.0. The Hall–Kier alpha value is -1.44. The molecule has 0 spiro atoms. The smallest absolute Gasteiger partial charge is 0.224 e. The van der Waals surface area contributed by atoms with E-state index in [4.69, 9.17) is 0 Å². The van der Waals surface area contributed by atoms with Gasteiger partial charge >= 0.3 is 0 Å². The fourth-order valence-electron chi connectivity index (χ4n) is 2.76. The van der Waals surface area contributed by atoms with Crippen LogP contribution in [-0.2, 0) is 14.8 Å². The van der Waals surface area contributed by atoms with Crippen molar-refractivity contribution >= 4 is 43.0 Å². The van der Waals surface area contributed by atoms with Crippen LogP contribution in [0.15, 0.2) is 29.6 Å². The van der Waals surface area contributed by atoms with Gasteiger partial charge in [-0.2, -0.15) is 0 Å². The SMILES string of the molecule is CCCC(CCCC(=O)Nc1ccc2sccc2c1)NS(=O)(=O)C(C)C. The van der Waals surface area contributed by atoms with Crippen LogP contribution in [0.1, 0.15) is 52.9 Å². The van der Waals surface area contributed by atoms with Crippen molar-refractivity contribution in [3.05, 3.63) is 29.6 Å². The van der Waals surface area contributed by atoms with E-state index < -0.39 is 15.3 Å². The average molecular weight is 397 g/mol. The molecule has 1 heterocycles. The molecular weight excluding hydrogens is 368 g/mol. The minimum Gasteiger partial charge on any atom is -0.326 e. The quantitative estimate of drug-likeness (QED) is 0.620. The van der Waals surface area contributed by atoms with Crippen molar-refractivity contribution in [3.8, 4) is 0 Å². The summed E-state index contributed by atoms with van der Waals surface area (Å²) in [7, 11) is -3.28. The Morgan fingerprint density at radius 1 is 1.19 bits per heavy atom. The molecule has 0 bridgehead atoms. The summed E-state index contributed by atoms with van der Waals surface area (Å²) < 4.78 is 28.1. The number of hydrogen-bond donors (Lipinski definition) is 2. The van der Waals surface area contributed by atoms with Gasteiger partial charge < -0.3 is 5.32 Å². The Balaban J connectivity index is 1.83.